The molecule has 26 heavy (non-hydrogen) atoms. The van der Waals surface area contributed by atoms with Crippen LogP contribution in [0.15, 0.2) is 35.4 Å². The highest BCUT2D eigenvalue weighted by molar-refractivity contribution is 5.83. The van der Waals surface area contributed by atoms with Gasteiger partial charge < -0.3 is 10.4 Å². The second-order valence-corrected chi connectivity index (χ2v) is 7.57. The van der Waals surface area contributed by atoms with Gasteiger partial charge in [0, 0.05) is 13.0 Å². The lowest BCUT2D eigenvalue weighted by Gasteiger charge is -2.21. The Balaban J connectivity index is 1.98. The summed E-state index contributed by atoms with van der Waals surface area (Å²) in [5.74, 6) is -1.45. The molecule has 0 radical (unpaired) electrons. The van der Waals surface area contributed by atoms with Crippen LogP contribution in [0.4, 0.5) is 0 Å². The number of carbonyl (C=O) groups is 2. The molecule has 1 aromatic heterocycles. The van der Waals surface area contributed by atoms with Crippen molar-refractivity contribution in [1.29, 1.82) is 0 Å². The van der Waals surface area contributed by atoms with Crippen molar-refractivity contribution in [3.05, 3.63) is 40.9 Å². The van der Waals surface area contributed by atoms with E-state index in [1.165, 1.54) is 10.9 Å². The lowest BCUT2D eigenvalue weighted by Crippen LogP contribution is -2.41. The number of amides is 1. The molecule has 7 nitrogen and oxygen atoms in total. The molecule has 1 heterocycles. The molecule has 2 N–H and O–H groups in total. The minimum atomic E-state index is -1.05. The largest absolute Gasteiger partial charge is 0.480 e. The number of aliphatic carboxylic acids is 1. The number of fused-ring (bicyclic) bond motifs is 1. The lowest BCUT2D eigenvalue weighted by molar-refractivity contribution is -0.142. The quantitative estimate of drug-likeness (QED) is 0.789. The third-order valence-corrected chi connectivity index (χ3v) is 4.13. The van der Waals surface area contributed by atoms with E-state index in [0.717, 1.165) is 0 Å². The minimum Gasteiger partial charge on any atom is -0.480 e. The molecule has 0 aliphatic rings. The van der Waals surface area contributed by atoms with Gasteiger partial charge in [-0.3, -0.25) is 14.2 Å². The number of aryl methyl sites for hydroxylation is 1. The highest BCUT2D eigenvalue weighted by Crippen LogP contribution is 2.21. The van der Waals surface area contributed by atoms with Crippen LogP contribution in [0.1, 0.15) is 40.0 Å². The predicted octanol–water partition coefficient (Wildman–Crippen LogP) is 2.18. The molecule has 2 rings (SSSR count). The number of hydrogen-bond donors (Lipinski definition) is 2. The zero-order valence-corrected chi connectivity index (χ0v) is 15.4. The first-order valence-electron chi connectivity index (χ1n) is 8.64. The molecule has 0 saturated carbocycles. The number of hydrogen-bond acceptors (Lipinski definition) is 4. The van der Waals surface area contributed by atoms with Gasteiger partial charge in [0.05, 0.1) is 17.2 Å². The van der Waals surface area contributed by atoms with E-state index in [2.05, 4.69) is 10.3 Å². The molecule has 0 saturated heterocycles. The molecule has 0 aliphatic heterocycles. The maximum Gasteiger partial charge on any atom is 0.326 e. The van der Waals surface area contributed by atoms with E-state index >= 15 is 0 Å². The number of nitrogens with one attached hydrogen (secondary N) is 1. The molecule has 0 spiro atoms. The van der Waals surface area contributed by atoms with Crippen molar-refractivity contribution >= 4 is 22.8 Å². The third kappa shape index (κ3) is 5.40. The van der Waals surface area contributed by atoms with Gasteiger partial charge in [0.15, 0.2) is 0 Å². The Kier molecular flexibility index (Phi) is 6.13. The monoisotopic (exact) mass is 359 g/mol. The van der Waals surface area contributed by atoms with Crippen molar-refractivity contribution in [2.24, 2.45) is 5.41 Å². The number of carboxylic acids is 1. The summed E-state index contributed by atoms with van der Waals surface area (Å²) >= 11 is 0. The Hall–Kier alpha value is -2.70. The van der Waals surface area contributed by atoms with Crippen LogP contribution in [0, 0.1) is 5.41 Å². The summed E-state index contributed by atoms with van der Waals surface area (Å²) in [6.07, 6.45) is 2.46. The predicted molar refractivity (Wildman–Crippen MR) is 98.9 cm³/mol. The molecule has 1 aromatic carbocycles. The Morgan fingerprint density at radius 3 is 2.62 bits per heavy atom. The Morgan fingerprint density at radius 1 is 1.27 bits per heavy atom. The van der Waals surface area contributed by atoms with Gasteiger partial charge >= 0.3 is 5.97 Å². The van der Waals surface area contributed by atoms with Crippen molar-refractivity contribution in [3.8, 4) is 0 Å². The van der Waals surface area contributed by atoms with Crippen LogP contribution in [0.25, 0.3) is 10.9 Å². The van der Waals surface area contributed by atoms with Gasteiger partial charge in [-0.1, -0.05) is 32.9 Å². The van der Waals surface area contributed by atoms with Crippen LogP contribution >= 0.6 is 0 Å². The fraction of sp³-hybridized carbons (Fsp3) is 0.474. The summed E-state index contributed by atoms with van der Waals surface area (Å²) in [7, 11) is 0. The molecular weight excluding hydrogens is 334 g/mol. The molecule has 1 unspecified atom stereocenters. The molecule has 0 fully saturated rings. The van der Waals surface area contributed by atoms with E-state index in [-0.39, 0.29) is 23.9 Å². The van der Waals surface area contributed by atoms with Crippen molar-refractivity contribution in [2.45, 2.75) is 52.6 Å². The number of benzene rings is 1. The van der Waals surface area contributed by atoms with Crippen molar-refractivity contribution in [1.82, 2.24) is 14.9 Å². The summed E-state index contributed by atoms with van der Waals surface area (Å²) in [5, 5.41) is 12.3. The smallest absolute Gasteiger partial charge is 0.326 e. The van der Waals surface area contributed by atoms with Crippen LogP contribution in [0.5, 0.6) is 0 Å². The zero-order valence-electron chi connectivity index (χ0n) is 15.4. The summed E-state index contributed by atoms with van der Waals surface area (Å²) in [6.45, 7) is 6.21. The van der Waals surface area contributed by atoms with Gasteiger partial charge in [0.25, 0.3) is 5.56 Å². The third-order valence-electron chi connectivity index (χ3n) is 4.13. The minimum absolute atomic E-state index is 0.0114. The van der Waals surface area contributed by atoms with Gasteiger partial charge in [-0.2, -0.15) is 0 Å². The highest BCUT2D eigenvalue weighted by atomic mass is 16.4. The molecule has 7 heteroatoms. The SMILES string of the molecule is CC(C)(C)CCC(NC(=O)CCn1cnc2ccccc2c1=O)C(=O)O. The first kappa shape index (κ1) is 19.6. The van der Waals surface area contributed by atoms with E-state index < -0.39 is 17.9 Å². The van der Waals surface area contributed by atoms with Crippen LogP contribution < -0.4 is 10.9 Å². The zero-order chi connectivity index (χ0) is 19.3. The average molecular weight is 359 g/mol. The van der Waals surface area contributed by atoms with Gasteiger partial charge in [0.2, 0.25) is 5.91 Å². The van der Waals surface area contributed by atoms with E-state index in [9.17, 15) is 19.5 Å². The van der Waals surface area contributed by atoms with Gasteiger partial charge in [-0.15, -0.1) is 0 Å². The molecule has 1 amide bonds. The standard InChI is InChI=1S/C19H25N3O4/c1-19(2,3)10-8-15(18(25)26)21-16(23)9-11-22-12-20-14-7-5-4-6-13(14)17(22)24/h4-7,12,15H,8-11H2,1-3H3,(H,21,23)(H,25,26). The highest BCUT2D eigenvalue weighted by Gasteiger charge is 2.22. The van der Waals surface area contributed by atoms with Gasteiger partial charge in [0.1, 0.15) is 6.04 Å². The van der Waals surface area contributed by atoms with Crippen LogP contribution in [-0.4, -0.2) is 32.6 Å². The maximum atomic E-state index is 12.4. The fourth-order valence-corrected chi connectivity index (χ4v) is 2.59. The second kappa shape index (κ2) is 8.12. The van der Waals surface area contributed by atoms with E-state index in [0.29, 0.717) is 23.7 Å². The summed E-state index contributed by atoms with van der Waals surface area (Å²) < 4.78 is 1.37. The maximum absolute atomic E-state index is 12.4. The van der Waals surface area contributed by atoms with E-state index in [1.807, 2.05) is 20.8 Å². The Morgan fingerprint density at radius 2 is 1.96 bits per heavy atom. The first-order valence-corrected chi connectivity index (χ1v) is 8.64. The Bertz CT molecular complexity index is 852. The second-order valence-electron chi connectivity index (χ2n) is 7.57. The normalized spacial score (nSPS) is 12.7. The average Bonchev–Trinajstić information content (AvgIpc) is 2.57. The number of carbonyl (C=O) groups excluding carboxylic acids is 1. The number of rotatable bonds is 7. The van der Waals surface area contributed by atoms with Crippen LogP contribution in [0.3, 0.4) is 0 Å². The van der Waals surface area contributed by atoms with Crippen LogP contribution in [-0.2, 0) is 16.1 Å². The molecule has 140 valence electrons. The number of nitrogens with zero attached hydrogens (tertiary/aromatic N) is 2. The molecular formula is C19H25N3O4. The van der Waals surface area contributed by atoms with Crippen LogP contribution in [0.2, 0.25) is 0 Å². The van der Waals surface area contributed by atoms with Crippen molar-refractivity contribution < 1.29 is 14.7 Å². The number of para-hydroxylation sites is 1. The summed E-state index contributed by atoms with van der Waals surface area (Å²) in [5.41, 5.74) is 0.375. The molecule has 0 aliphatic carbocycles. The number of aromatic nitrogens is 2. The molecule has 2 aromatic rings. The van der Waals surface area contributed by atoms with Crippen molar-refractivity contribution in [3.63, 3.8) is 0 Å². The molecule has 0 bridgehead atoms. The van der Waals surface area contributed by atoms with E-state index in [4.69, 9.17) is 0 Å². The lowest BCUT2D eigenvalue weighted by atomic mass is 9.88. The van der Waals surface area contributed by atoms with Gasteiger partial charge in [-0.25, -0.2) is 9.78 Å². The first-order chi connectivity index (χ1) is 12.2. The number of carboxylic acid groups (broad SMARTS) is 1. The summed E-state index contributed by atoms with van der Waals surface area (Å²) in [6, 6.07) is 6.08. The van der Waals surface area contributed by atoms with Gasteiger partial charge in [-0.05, 0) is 30.4 Å². The fourth-order valence-electron chi connectivity index (χ4n) is 2.59. The molecule has 1 atom stereocenters. The van der Waals surface area contributed by atoms with Crippen molar-refractivity contribution in [2.75, 3.05) is 0 Å². The van der Waals surface area contributed by atoms with E-state index in [1.54, 1.807) is 24.3 Å². The Labute approximate surface area is 152 Å². The summed E-state index contributed by atoms with van der Waals surface area (Å²) in [4.78, 5) is 40.1. The topological polar surface area (TPSA) is 101 Å².